The SMILES string of the molecule is C[C@H](Cc1cccnc1)NC(=O)Nc1ccc(OC2CCN(C)CC2)cc1. The lowest BCUT2D eigenvalue weighted by molar-refractivity contribution is 0.114. The van der Waals surface area contributed by atoms with E-state index in [9.17, 15) is 4.79 Å². The highest BCUT2D eigenvalue weighted by atomic mass is 16.5. The van der Waals surface area contributed by atoms with Crippen LogP contribution < -0.4 is 15.4 Å². The first kappa shape index (κ1) is 19.2. The van der Waals surface area contributed by atoms with E-state index in [4.69, 9.17) is 4.74 Å². The fraction of sp³-hybridized carbons (Fsp3) is 0.429. The van der Waals surface area contributed by atoms with E-state index < -0.39 is 0 Å². The fourth-order valence-corrected chi connectivity index (χ4v) is 3.23. The molecule has 0 bridgehead atoms. The molecule has 1 saturated heterocycles. The molecule has 0 aliphatic carbocycles. The molecule has 0 spiro atoms. The molecular formula is C21H28N4O2. The Morgan fingerprint density at radius 3 is 2.67 bits per heavy atom. The maximum atomic E-state index is 12.2. The summed E-state index contributed by atoms with van der Waals surface area (Å²) in [5.74, 6) is 0.848. The number of rotatable bonds is 6. The van der Waals surface area contributed by atoms with Crippen molar-refractivity contribution in [3.8, 4) is 5.75 Å². The van der Waals surface area contributed by atoms with Gasteiger partial charge < -0.3 is 20.3 Å². The minimum atomic E-state index is -0.213. The van der Waals surface area contributed by atoms with Crippen LogP contribution in [0.25, 0.3) is 0 Å². The maximum absolute atomic E-state index is 12.2. The Hall–Kier alpha value is -2.60. The number of aromatic nitrogens is 1. The molecule has 0 radical (unpaired) electrons. The molecule has 1 fully saturated rings. The smallest absolute Gasteiger partial charge is 0.319 e. The predicted octanol–water partition coefficient (Wildman–Crippen LogP) is 3.31. The molecular weight excluding hydrogens is 340 g/mol. The molecule has 2 aromatic rings. The molecule has 2 heterocycles. The van der Waals surface area contributed by atoms with Gasteiger partial charge >= 0.3 is 6.03 Å². The number of carbonyl (C=O) groups is 1. The van der Waals surface area contributed by atoms with E-state index in [2.05, 4.69) is 27.6 Å². The number of likely N-dealkylation sites (tertiary alicyclic amines) is 1. The quantitative estimate of drug-likeness (QED) is 0.821. The number of hydrogen-bond acceptors (Lipinski definition) is 4. The highest BCUT2D eigenvalue weighted by Gasteiger charge is 2.18. The number of hydrogen-bond donors (Lipinski definition) is 2. The number of ether oxygens (including phenoxy) is 1. The summed E-state index contributed by atoms with van der Waals surface area (Å²) in [4.78, 5) is 18.6. The maximum Gasteiger partial charge on any atom is 0.319 e. The summed E-state index contributed by atoms with van der Waals surface area (Å²) >= 11 is 0. The second kappa shape index (κ2) is 9.37. The van der Waals surface area contributed by atoms with Crippen LogP contribution in [0.15, 0.2) is 48.8 Å². The number of benzene rings is 1. The second-order valence-electron chi connectivity index (χ2n) is 7.21. The molecule has 0 unspecified atom stereocenters. The minimum absolute atomic E-state index is 0.0150. The van der Waals surface area contributed by atoms with Crippen molar-refractivity contribution < 1.29 is 9.53 Å². The Bertz CT molecular complexity index is 713. The van der Waals surface area contributed by atoms with E-state index in [1.54, 1.807) is 6.20 Å². The minimum Gasteiger partial charge on any atom is -0.490 e. The van der Waals surface area contributed by atoms with Crippen LogP contribution in [-0.2, 0) is 6.42 Å². The average Bonchev–Trinajstić information content (AvgIpc) is 2.66. The van der Waals surface area contributed by atoms with E-state index in [0.717, 1.165) is 49.4 Å². The van der Waals surface area contributed by atoms with Crippen molar-refractivity contribution in [3.05, 3.63) is 54.4 Å². The molecule has 1 atom stereocenters. The van der Waals surface area contributed by atoms with Gasteiger partial charge in [0.25, 0.3) is 0 Å². The summed E-state index contributed by atoms with van der Waals surface area (Å²) in [6.45, 7) is 4.12. The van der Waals surface area contributed by atoms with Gasteiger partial charge in [0, 0.05) is 37.2 Å². The standard InChI is InChI=1S/C21H28N4O2/c1-16(14-17-4-3-11-22-15-17)23-21(26)24-18-5-7-19(8-6-18)27-20-9-12-25(2)13-10-20/h3-8,11,15-16,20H,9-10,12-14H2,1-2H3,(H2,23,24,26)/t16-/m1/s1. The van der Waals surface area contributed by atoms with Gasteiger partial charge in [-0.25, -0.2) is 4.79 Å². The topological polar surface area (TPSA) is 66.5 Å². The number of amides is 2. The van der Waals surface area contributed by atoms with Gasteiger partial charge in [0.1, 0.15) is 11.9 Å². The Labute approximate surface area is 160 Å². The zero-order valence-electron chi connectivity index (χ0n) is 16.0. The zero-order valence-corrected chi connectivity index (χ0v) is 16.0. The summed E-state index contributed by atoms with van der Waals surface area (Å²) in [6.07, 6.45) is 6.68. The highest BCUT2D eigenvalue weighted by molar-refractivity contribution is 5.89. The third-order valence-corrected chi connectivity index (χ3v) is 4.72. The molecule has 1 aromatic heterocycles. The molecule has 1 aliphatic heterocycles. The van der Waals surface area contributed by atoms with Crippen LogP contribution in [0.3, 0.4) is 0 Å². The van der Waals surface area contributed by atoms with E-state index >= 15 is 0 Å². The zero-order chi connectivity index (χ0) is 19.1. The number of pyridine rings is 1. The first-order valence-corrected chi connectivity index (χ1v) is 9.50. The summed E-state index contributed by atoms with van der Waals surface area (Å²) in [7, 11) is 2.14. The van der Waals surface area contributed by atoms with Gasteiger partial charge in [-0.1, -0.05) is 6.07 Å². The third kappa shape index (κ3) is 6.25. The molecule has 1 aromatic carbocycles. The van der Waals surface area contributed by atoms with E-state index in [1.807, 2.05) is 49.5 Å². The van der Waals surface area contributed by atoms with Gasteiger partial charge in [-0.05, 0) is 69.1 Å². The second-order valence-corrected chi connectivity index (χ2v) is 7.21. The molecule has 2 amide bonds. The highest BCUT2D eigenvalue weighted by Crippen LogP contribution is 2.20. The van der Waals surface area contributed by atoms with Crippen molar-refractivity contribution in [2.75, 3.05) is 25.5 Å². The third-order valence-electron chi connectivity index (χ3n) is 4.72. The molecule has 6 heteroatoms. The van der Waals surface area contributed by atoms with Crippen molar-refractivity contribution in [2.45, 2.75) is 38.3 Å². The normalized spacial score (nSPS) is 16.5. The van der Waals surface area contributed by atoms with Gasteiger partial charge in [-0.2, -0.15) is 0 Å². The van der Waals surface area contributed by atoms with Crippen LogP contribution in [-0.4, -0.2) is 48.2 Å². The Morgan fingerprint density at radius 2 is 2.00 bits per heavy atom. The number of nitrogens with one attached hydrogen (secondary N) is 2. The molecule has 1 aliphatic rings. The van der Waals surface area contributed by atoms with Crippen LogP contribution >= 0.6 is 0 Å². The van der Waals surface area contributed by atoms with E-state index in [0.29, 0.717) is 0 Å². The molecule has 6 nitrogen and oxygen atoms in total. The van der Waals surface area contributed by atoms with Crippen LogP contribution in [0, 0.1) is 0 Å². The van der Waals surface area contributed by atoms with Gasteiger partial charge in [0.05, 0.1) is 0 Å². The summed E-state index contributed by atoms with van der Waals surface area (Å²) in [6, 6.07) is 11.3. The number of carbonyl (C=O) groups excluding carboxylic acids is 1. The van der Waals surface area contributed by atoms with Crippen LogP contribution in [0.5, 0.6) is 5.75 Å². The van der Waals surface area contributed by atoms with Crippen molar-refractivity contribution in [3.63, 3.8) is 0 Å². The fourth-order valence-electron chi connectivity index (χ4n) is 3.23. The lowest BCUT2D eigenvalue weighted by Crippen LogP contribution is -2.37. The summed E-state index contributed by atoms with van der Waals surface area (Å²) < 4.78 is 6.03. The molecule has 3 rings (SSSR count). The average molecular weight is 368 g/mol. The molecule has 0 saturated carbocycles. The molecule has 144 valence electrons. The Kier molecular flexibility index (Phi) is 6.65. The van der Waals surface area contributed by atoms with Gasteiger partial charge in [-0.15, -0.1) is 0 Å². The van der Waals surface area contributed by atoms with Gasteiger partial charge in [0.2, 0.25) is 0 Å². The van der Waals surface area contributed by atoms with Crippen LogP contribution in [0.1, 0.15) is 25.3 Å². The van der Waals surface area contributed by atoms with Crippen molar-refractivity contribution in [2.24, 2.45) is 0 Å². The number of urea groups is 1. The largest absolute Gasteiger partial charge is 0.490 e. The number of nitrogens with zero attached hydrogens (tertiary/aromatic N) is 2. The first-order valence-electron chi connectivity index (χ1n) is 9.50. The lowest BCUT2D eigenvalue weighted by atomic mass is 10.1. The number of anilines is 1. The van der Waals surface area contributed by atoms with Crippen molar-refractivity contribution in [1.29, 1.82) is 0 Å². The van der Waals surface area contributed by atoms with Crippen LogP contribution in [0.2, 0.25) is 0 Å². The van der Waals surface area contributed by atoms with Gasteiger partial charge in [-0.3, -0.25) is 4.98 Å². The summed E-state index contributed by atoms with van der Waals surface area (Å²) in [5.41, 5.74) is 1.84. The van der Waals surface area contributed by atoms with Crippen molar-refractivity contribution in [1.82, 2.24) is 15.2 Å². The van der Waals surface area contributed by atoms with E-state index in [1.165, 1.54) is 0 Å². The molecule has 27 heavy (non-hydrogen) atoms. The lowest BCUT2D eigenvalue weighted by Gasteiger charge is -2.29. The Balaban J connectivity index is 1.44. The predicted molar refractivity (Wildman–Crippen MR) is 107 cm³/mol. The van der Waals surface area contributed by atoms with E-state index in [-0.39, 0.29) is 18.2 Å². The Morgan fingerprint density at radius 1 is 1.26 bits per heavy atom. The van der Waals surface area contributed by atoms with Crippen molar-refractivity contribution >= 4 is 11.7 Å². The summed E-state index contributed by atoms with van der Waals surface area (Å²) in [5, 5.41) is 5.81. The van der Waals surface area contributed by atoms with Gasteiger partial charge in [0.15, 0.2) is 0 Å². The van der Waals surface area contributed by atoms with Crippen LogP contribution in [0.4, 0.5) is 10.5 Å². The molecule has 2 N–H and O–H groups in total. The monoisotopic (exact) mass is 368 g/mol. The number of piperidine rings is 1. The first-order chi connectivity index (χ1) is 13.1.